The van der Waals surface area contributed by atoms with Crippen molar-refractivity contribution in [2.24, 2.45) is 0 Å². The maximum Gasteiger partial charge on any atom is 0.258 e. The summed E-state index contributed by atoms with van der Waals surface area (Å²) in [6.07, 6.45) is 0. The Labute approximate surface area is 178 Å². The third kappa shape index (κ3) is 3.41. The Morgan fingerprint density at radius 2 is 1.93 bits per heavy atom. The van der Waals surface area contributed by atoms with Crippen LogP contribution in [0.3, 0.4) is 0 Å². The summed E-state index contributed by atoms with van der Waals surface area (Å²) >= 11 is 4.63. The summed E-state index contributed by atoms with van der Waals surface area (Å²) in [7, 11) is 0. The number of rotatable bonds is 5. The molecule has 0 saturated heterocycles. The molecule has 9 heteroatoms. The Balaban J connectivity index is 1.51. The van der Waals surface area contributed by atoms with Crippen molar-refractivity contribution in [2.45, 2.75) is 17.8 Å². The minimum absolute atomic E-state index is 0.0480. The lowest BCUT2D eigenvalue weighted by molar-refractivity contribution is 0.885. The molecule has 0 saturated carbocycles. The van der Waals surface area contributed by atoms with Crippen molar-refractivity contribution in [2.75, 3.05) is 0 Å². The fraction of sp³-hybridized carbons (Fsp3) is 0.100. The molecule has 4 aromatic heterocycles. The average molecular weight is 438 g/mol. The van der Waals surface area contributed by atoms with Crippen LogP contribution in [-0.4, -0.2) is 24.1 Å². The molecule has 1 aromatic carbocycles. The fourth-order valence-corrected chi connectivity index (χ4v) is 5.49. The molecule has 0 fully saturated rings. The first-order valence-corrected chi connectivity index (χ1v) is 11.6. The third-order valence-corrected chi connectivity index (χ3v) is 7.14. The molecule has 0 spiro atoms. The van der Waals surface area contributed by atoms with E-state index >= 15 is 0 Å². The quantitative estimate of drug-likeness (QED) is 0.374. The van der Waals surface area contributed by atoms with Crippen molar-refractivity contribution in [1.29, 1.82) is 0 Å². The van der Waals surface area contributed by atoms with Gasteiger partial charge >= 0.3 is 0 Å². The van der Waals surface area contributed by atoms with E-state index in [1.54, 1.807) is 21.8 Å². The molecule has 0 unspecified atom stereocenters. The third-order valence-electron chi connectivity index (χ3n) is 4.37. The highest BCUT2D eigenvalue weighted by Gasteiger charge is 2.17. The highest BCUT2D eigenvalue weighted by atomic mass is 32.2. The Bertz CT molecular complexity index is 1340. The van der Waals surface area contributed by atoms with Gasteiger partial charge in [-0.2, -0.15) is 0 Å². The minimum Gasteiger partial charge on any atom is -0.269 e. The van der Waals surface area contributed by atoms with Crippen LogP contribution in [-0.2, 0) is 5.75 Å². The van der Waals surface area contributed by atoms with Crippen LogP contribution in [0.15, 0.2) is 69.2 Å². The number of thioether (sulfide) groups is 1. The van der Waals surface area contributed by atoms with Gasteiger partial charge in [0.1, 0.15) is 0 Å². The zero-order chi connectivity index (χ0) is 19.8. The van der Waals surface area contributed by atoms with Gasteiger partial charge in [0, 0.05) is 28.6 Å². The van der Waals surface area contributed by atoms with E-state index < -0.39 is 0 Å². The van der Waals surface area contributed by atoms with Crippen molar-refractivity contribution in [3.05, 3.63) is 81.0 Å². The first-order valence-electron chi connectivity index (χ1n) is 8.85. The van der Waals surface area contributed by atoms with Crippen molar-refractivity contribution in [3.63, 3.8) is 0 Å². The second-order valence-electron chi connectivity index (χ2n) is 6.32. The summed E-state index contributed by atoms with van der Waals surface area (Å²) in [5, 5.41) is 13.6. The molecule has 0 amide bonds. The minimum atomic E-state index is -0.0480. The summed E-state index contributed by atoms with van der Waals surface area (Å²) < 4.78 is 3.69. The van der Waals surface area contributed by atoms with Gasteiger partial charge < -0.3 is 0 Å². The monoisotopic (exact) mass is 437 g/mol. The molecule has 5 aromatic rings. The van der Waals surface area contributed by atoms with Crippen molar-refractivity contribution >= 4 is 39.4 Å². The molecule has 0 radical (unpaired) electrons. The molecule has 6 nitrogen and oxygen atoms in total. The lowest BCUT2D eigenvalue weighted by Gasteiger charge is -2.09. The van der Waals surface area contributed by atoms with Gasteiger partial charge in [-0.05, 0) is 30.5 Å². The molecule has 5 rings (SSSR count). The summed E-state index contributed by atoms with van der Waals surface area (Å²) in [6.45, 7) is 1.91. The van der Waals surface area contributed by atoms with Crippen molar-refractivity contribution in [1.82, 2.24) is 24.1 Å². The summed E-state index contributed by atoms with van der Waals surface area (Å²) in [5.41, 5.74) is 2.60. The van der Waals surface area contributed by atoms with Gasteiger partial charge in [0.2, 0.25) is 0 Å². The van der Waals surface area contributed by atoms with E-state index in [1.165, 1.54) is 23.1 Å². The molecule has 0 aliphatic heterocycles. The number of aryl methyl sites for hydroxylation is 1. The van der Waals surface area contributed by atoms with Gasteiger partial charge in [-0.3, -0.25) is 13.8 Å². The predicted octanol–water partition coefficient (Wildman–Crippen LogP) is 4.67. The Morgan fingerprint density at radius 1 is 1.07 bits per heavy atom. The van der Waals surface area contributed by atoms with Crippen LogP contribution < -0.4 is 5.56 Å². The van der Waals surface area contributed by atoms with Crippen LogP contribution in [0.4, 0.5) is 0 Å². The number of aromatic nitrogens is 5. The number of para-hydroxylation sites is 1. The van der Waals surface area contributed by atoms with Crippen molar-refractivity contribution in [3.8, 4) is 16.4 Å². The maximum atomic E-state index is 12.4. The lowest BCUT2D eigenvalue weighted by atomic mass is 10.3. The van der Waals surface area contributed by atoms with Crippen LogP contribution >= 0.6 is 34.4 Å². The first kappa shape index (κ1) is 18.3. The molecule has 144 valence electrons. The fourth-order valence-electron chi connectivity index (χ4n) is 3.05. The topological polar surface area (TPSA) is 65.1 Å². The van der Waals surface area contributed by atoms with Gasteiger partial charge in [0.25, 0.3) is 5.56 Å². The van der Waals surface area contributed by atoms with E-state index in [-0.39, 0.29) is 5.56 Å². The molecule has 4 heterocycles. The highest BCUT2D eigenvalue weighted by molar-refractivity contribution is 7.98. The molecule has 0 aliphatic carbocycles. The molecule has 29 heavy (non-hydrogen) atoms. The summed E-state index contributed by atoms with van der Waals surface area (Å²) in [6, 6.07) is 15.7. The number of thiazole rings is 1. The van der Waals surface area contributed by atoms with E-state index in [4.69, 9.17) is 0 Å². The number of fused-ring (bicyclic) bond motifs is 1. The molecular weight excluding hydrogens is 422 g/mol. The number of hydrogen-bond acceptors (Lipinski definition) is 7. The second kappa shape index (κ2) is 7.58. The van der Waals surface area contributed by atoms with Gasteiger partial charge in [-0.25, -0.2) is 4.98 Å². The highest BCUT2D eigenvalue weighted by Crippen LogP contribution is 2.31. The zero-order valence-electron chi connectivity index (χ0n) is 15.3. The van der Waals surface area contributed by atoms with E-state index in [0.29, 0.717) is 5.75 Å². The maximum absolute atomic E-state index is 12.4. The number of benzene rings is 1. The first-order chi connectivity index (χ1) is 14.2. The zero-order valence-corrected chi connectivity index (χ0v) is 17.8. The Morgan fingerprint density at radius 3 is 2.72 bits per heavy atom. The van der Waals surface area contributed by atoms with Gasteiger partial charge in [-0.1, -0.05) is 36.0 Å². The SMILES string of the molecule is Cc1csc2nc(CSc3nnc(-c4cccs4)n3-c3ccccc3)cc(=O)n12. The van der Waals surface area contributed by atoms with Gasteiger partial charge in [0.15, 0.2) is 15.9 Å². The van der Waals surface area contributed by atoms with Crippen LogP contribution in [0.25, 0.3) is 21.3 Å². The van der Waals surface area contributed by atoms with Crippen molar-refractivity contribution < 1.29 is 0 Å². The van der Waals surface area contributed by atoms with E-state index in [2.05, 4.69) is 19.7 Å². The number of thiophene rings is 1. The van der Waals surface area contributed by atoms with E-state index in [1.807, 2.05) is 60.1 Å². The number of hydrogen-bond donors (Lipinski definition) is 0. The van der Waals surface area contributed by atoms with Gasteiger partial charge in [0.05, 0.1) is 10.6 Å². The normalized spacial score (nSPS) is 11.3. The molecule has 0 N–H and O–H groups in total. The summed E-state index contributed by atoms with van der Waals surface area (Å²) in [4.78, 5) is 18.8. The smallest absolute Gasteiger partial charge is 0.258 e. The second-order valence-corrected chi connectivity index (χ2v) is 9.05. The lowest BCUT2D eigenvalue weighted by Crippen LogP contribution is -2.14. The molecule has 0 aliphatic rings. The van der Waals surface area contributed by atoms with Gasteiger partial charge in [-0.15, -0.1) is 32.9 Å². The molecule has 0 bridgehead atoms. The number of nitrogens with zero attached hydrogens (tertiary/aromatic N) is 5. The Hall–Kier alpha value is -2.75. The standard InChI is InChI=1S/C20H15N5OS3/c1-13-11-28-19-21-14(10-17(26)24(13)19)12-29-20-23-22-18(16-8-5-9-27-16)25(20)15-6-3-2-4-7-15/h2-11H,12H2,1H3. The van der Waals surface area contributed by atoms with Crippen LogP contribution in [0.5, 0.6) is 0 Å². The summed E-state index contributed by atoms with van der Waals surface area (Å²) in [5.74, 6) is 1.35. The van der Waals surface area contributed by atoms with Crippen LogP contribution in [0.2, 0.25) is 0 Å². The van der Waals surface area contributed by atoms with E-state index in [0.717, 1.165) is 37.9 Å². The van der Waals surface area contributed by atoms with Crippen LogP contribution in [0.1, 0.15) is 11.4 Å². The Kier molecular flexibility index (Phi) is 4.78. The van der Waals surface area contributed by atoms with E-state index in [9.17, 15) is 4.79 Å². The largest absolute Gasteiger partial charge is 0.269 e. The predicted molar refractivity (Wildman–Crippen MR) is 118 cm³/mol. The average Bonchev–Trinajstić information content (AvgIpc) is 3.47. The molecular formula is C20H15N5OS3. The van der Waals surface area contributed by atoms with Crippen LogP contribution in [0, 0.1) is 6.92 Å². The molecule has 0 atom stereocenters.